The van der Waals surface area contributed by atoms with Gasteiger partial charge in [0.1, 0.15) is 0 Å². The van der Waals surface area contributed by atoms with Gasteiger partial charge in [-0.3, -0.25) is 0 Å². The zero-order valence-electron chi connectivity index (χ0n) is 10.6. The summed E-state index contributed by atoms with van der Waals surface area (Å²) in [6.07, 6.45) is 1.25. The van der Waals surface area contributed by atoms with Crippen molar-refractivity contribution in [3.63, 3.8) is 0 Å². The normalized spacial score (nSPS) is 12.1. The van der Waals surface area contributed by atoms with Crippen molar-refractivity contribution in [3.8, 4) is 17.5 Å². The van der Waals surface area contributed by atoms with Crippen molar-refractivity contribution in [2.24, 2.45) is 0 Å². The number of rotatable bonds is 4. The molecule has 0 radical (unpaired) electrons. The van der Waals surface area contributed by atoms with Crippen molar-refractivity contribution in [3.05, 3.63) is 35.7 Å². The maximum absolute atomic E-state index is 8.56. The van der Waals surface area contributed by atoms with Crippen LogP contribution in [-0.2, 0) is 0 Å². The Hall–Kier alpha value is -2.15. The summed E-state index contributed by atoms with van der Waals surface area (Å²) in [5.74, 6) is 1.33. The van der Waals surface area contributed by atoms with Crippen molar-refractivity contribution in [1.29, 1.82) is 5.26 Å². The molecule has 92 valence electrons. The third-order valence-corrected chi connectivity index (χ3v) is 2.83. The number of hydrogen-bond acceptors (Lipinski definition) is 4. The molecule has 0 bridgehead atoms. The van der Waals surface area contributed by atoms with Crippen molar-refractivity contribution >= 4 is 0 Å². The monoisotopic (exact) mass is 241 g/mol. The number of nitriles is 1. The molecule has 1 unspecified atom stereocenters. The summed E-state index contributed by atoms with van der Waals surface area (Å²) in [5.41, 5.74) is 2.12. The van der Waals surface area contributed by atoms with Crippen molar-refractivity contribution in [2.45, 2.75) is 32.6 Å². The molecule has 1 heterocycles. The van der Waals surface area contributed by atoms with Gasteiger partial charge in [0, 0.05) is 17.9 Å². The SMILES string of the molecule is Cc1cccc(-c2noc(C(C)CCC#N)n2)c1. The largest absolute Gasteiger partial charge is 0.339 e. The minimum absolute atomic E-state index is 0.121. The number of aryl methyl sites for hydroxylation is 1. The van der Waals surface area contributed by atoms with E-state index in [4.69, 9.17) is 9.78 Å². The Morgan fingerprint density at radius 3 is 3.00 bits per heavy atom. The van der Waals surface area contributed by atoms with Crippen molar-refractivity contribution in [1.82, 2.24) is 10.1 Å². The standard InChI is InChI=1S/C14H15N3O/c1-10-5-3-7-12(9-10)13-16-14(18-17-13)11(2)6-4-8-15/h3,5,7,9,11H,4,6H2,1-2H3. The lowest BCUT2D eigenvalue weighted by Crippen LogP contribution is -1.93. The summed E-state index contributed by atoms with van der Waals surface area (Å²) in [6, 6.07) is 10.1. The van der Waals surface area contributed by atoms with E-state index in [1.165, 1.54) is 0 Å². The summed E-state index contributed by atoms with van der Waals surface area (Å²) in [7, 11) is 0. The molecule has 0 saturated heterocycles. The number of nitrogens with zero attached hydrogens (tertiary/aromatic N) is 3. The second kappa shape index (κ2) is 5.46. The summed E-state index contributed by atoms with van der Waals surface area (Å²) in [6.45, 7) is 4.02. The molecular weight excluding hydrogens is 226 g/mol. The molecule has 4 nitrogen and oxygen atoms in total. The van der Waals surface area contributed by atoms with Crippen molar-refractivity contribution < 1.29 is 4.52 Å². The van der Waals surface area contributed by atoms with Crippen LogP contribution in [0.2, 0.25) is 0 Å². The second-order valence-electron chi connectivity index (χ2n) is 4.42. The van der Waals surface area contributed by atoms with Crippen LogP contribution in [0.4, 0.5) is 0 Å². The first-order valence-corrected chi connectivity index (χ1v) is 5.98. The van der Waals surface area contributed by atoms with Gasteiger partial charge in [-0.2, -0.15) is 10.2 Å². The molecule has 0 aliphatic carbocycles. The van der Waals surface area contributed by atoms with Crippen molar-refractivity contribution in [2.75, 3.05) is 0 Å². The van der Waals surface area contributed by atoms with Gasteiger partial charge in [0.2, 0.25) is 11.7 Å². The first-order chi connectivity index (χ1) is 8.70. The van der Waals surface area contributed by atoms with Crippen LogP contribution in [0.3, 0.4) is 0 Å². The molecule has 0 spiro atoms. The average molecular weight is 241 g/mol. The molecule has 0 aliphatic heterocycles. The highest BCUT2D eigenvalue weighted by Gasteiger charge is 2.14. The van der Waals surface area contributed by atoms with Gasteiger partial charge in [-0.15, -0.1) is 0 Å². The molecule has 0 amide bonds. The van der Waals surface area contributed by atoms with Gasteiger partial charge in [0.05, 0.1) is 6.07 Å². The van der Waals surface area contributed by atoms with Crippen LogP contribution in [0.25, 0.3) is 11.4 Å². The predicted molar refractivity (Wildman–Crippen MR) is 67.7 cm³/mol. The highest BCUT2D eigenvalue weighted by atomic mass is 16.5. The molecule has 0 saturated carbocycles. The third kappa shape index (κ3) is 2.75. The maximum Gasteiger partial charge on any atom is 0.229 e. The lowest BCUT2D eigenvalue weighted by molar-refractivity contribution is 0.355. The van der Waals surface area contributed by atoms with E-state index < -0.39 is 0 Å². The minimum atomic E-state index is 0.121. The zero-order chi connectivity index (χ0) is 13.0. The van der Waals surface area contributed by atoms with Gasteiger partial charge in [0.15, 0.2) is 0 Å². The fourth-order valence-corrected chi connectivity index (χ4v) is 1.74. The molecule has 1 atom stereocenters. The Bertz CT molecular complexity index is 568. The Morgan fingerprint density at radius 1 is 1.44 bits per heavy atom. The van der Waals surface area contributed by atoms with E-state index in [1.54, 1.807) is 0 Å². The summed E-state index contributed by atoms with van der Waals surface area (Å²) in [5, 5.41) is 12.5. The third-order valence-electron chi connectivity index (χ3n) is 2.83. The zero-order valence-corrected chi connectivity index (χ0v) is 10.6. The van der Waals surface area contributed by atoms with E-state index in [-0.39, 0.29) is 5.92 Å². The van der Waals surface area contributed by atoms with Gasteiger partial charge >= 0.3 is 0 Å². The highest BCUT2D eigenvalue weighted by molar-refractivity contribution is 5.55. The van der Waals surface area contributed by atoms with Crippen LogP contribution >= 0.6 is 0 Å². The van der Waals surface area contributed by atoms with E-state index in [0.717, 1.165) is 17.5 Å². The Balaban J connectivity index is 2.18. The molecule has 18 heavy (non-hydrogen) atoms. The summed E-state index contributed by atoms with van der Waals surface area (Å²) in [4.78, 5) is 4.39. The Morgan fingerprint density at radius 2 is 2.28 bits per heavy atom. The molecule has 2 rings (SSSR count). The van der Waals surface area contributed by atoms with Crippen LogP contribution in [0.1, 0.15) is 37.1 Å². The van der Waals surface area contributed by atoms with Crippen LogP contribution < -0.4 is 0 Å². The smallest absolute Gasteiger partial charge is 0.229 e. The first kappa shape index (κ1) is 12.3. The summed E-state index contributed by atoms with van der Waals surface area (Å²) >= 11 is 0. The van der Waals surface area contributed by atoms with Gasteiger partial charge < -0.3 is 4.52 Å². The Kier molecular flexibility index (Phi) is 3.73. The van der Waals surface area contributed by atoms with Crippen LogP contribution in [-0.4, -0.2) is 10.1 Å². The van der Waals surface area contributed by atoms with Crippen LogP contribution in [0.5, 0.6) is 0 Å². The van der Waals surface area contributed by atoms with E-state index in [0.29, 0.717) is 18.1 Å². The molecule has 0 fully saturated rings. The van der Waals surface area contributed by atoms with Gasteiger partial charge in [-0.1, -0.05) is 35.8 Å². The molecule has 4 heteroatoms. The van der Waals surface area contributed by atoms with E-state index in [2.05, 4.69) is 16.2 Å². The van der Waals surface area contributed by atoms with Crippen LogP contribution in [0.15, 0.2) is 28.8 Å². The van der Waals surface area contributed by atoms with Gasteiger partial charge in [-0.25, -0.2) is 0 Å². The topological polar surface area (TPSA) is 62.7 Å². The number of aromatic nitrogens is 2. The maximum atomic E-state index is 8.56. The highest BCUT2D eigenvalue weighted by Crippen LogP contribution is 2.22. The number of benzene rings is 1. The molecule has 1 aromatic carbocycles. The lowest BCUT2D eigenvalue weighted by atomic mass is 10.1. The van der Waals surface area contributed by atoms with E-state index in [1.807, 2.05) is 38.1 Å². The molecular formula is C14H15N3O. The Labute approximate surface area is 106 Å². The molecule has 1 aromatic heterocycles. The van der Waals surface area contributed by atoms with Gasteiger partial charge in [0.25, 0.3) is 0 Å². The molecule has 0 N–H and O–H groups in total. The lowest BCUT2D eigenvalue weighted by Gasteiger charge is -2.00. The quantitative estimate of drug-likeness (QED) is 0.822. The molecule has 0 aliphatic rings. The fourth-order valence-electron chi connectivity index (χ4n) is 1.74. The minimum Gasteiger partial charge on any atom is -0.339 e. The fraction of sp³-hybridized carbons (Fsp3) is 0.357. The van der Waals surface area contributed by atoms with E-state index in [9.17, 15) is 0 Å². The number of hydrogen-bond donors (Lipinski definition) is 0. The van der Waals surface area contributed by atoms with Gasteiger partial charge in [-0.05, 0) is 19.4 Å². The second-order valence-corrected chi connectivity index (χ2v) is 4.42. The predicted octanol–water partition coefficient (Wildman–Crippen LogP) is 3.45. The molecule has 2 aromatic rings. The van der Waals surface area contributed by atoms with E-state index >= 15 is 0 Å². The average Bonchev–Trinajstić information content (AvgIpc) is 2.85. The van der Waals surface area contributed by atoms with Crippen LogP contribution in [0, 0.1) is 18.3 Å². The first-order valence-electron chi connectivity index (χ1n) is 5.98. The summed E-state index contributed by atoms with van der Waals surface area (Å²) < 4.78 is 5.25.